The van der Waals surface area contributed by atoms with Crippen molar-refractivity contribution in [2.24, 2.45) is 0 Å². The monoisotopic (exact) mass is 266 g/mol. The van der Waals surface area contributed by atoms with Gasteiger partial charge in [0.25, 0.3) is 0 Å². The van der Waals surface area contributed by atoms with Gasteiger partial charge in [0.15, 0.2) is 0 Å². The first kappa shape index (κ1) is 15.3. The standard InChI is InChI=1S/C14H22N2O3/c1-2-11(17)7-9-16-14(18)8-10-19-13-6-4-3-5-12(13)15/h3-6,11,17H,2,7-10,15H2,1H3,(H,16,18). The molecule has 1 amide bonds. The summed E-state index contributed by atoms with van der Waals surface area (Å²) in [4.78, 5) is 11.5. The smallest absolute Gasteiger partial charge is 0.223 e. The molecule has 1 aromatic carbocycles. The number of nitrogen functional groups attached to an aromatic ring is 1. The number of aliphatic hydroxyl groups excluding tert-OH is 1. The second-order valence-electron chi connectivity index (χ2n) is 4.34. The largest absolute Gasteiger partial charge is 0.491 e. The van der Waals surface area contributed by atoms with Gasteiger partial charge >= 0.3 is 0 Å². The van der Waals surface area contributed by atoms with E-state index in [0.717, 1.165) is 0 Å². The van der Waals surface area contributed by atoms with Gasteiger partial charge in [-0.05, 0) is 25.0 Å². The molecule has 5 nitrogen and oxygen atoms in total. The van der Waals surface area contributed by atoms with Gasteiger partial charge < -0.3 is 20.9 Å². The third-order valence-electron chi connectivity index (χ3n) is 2.78. The van der Waals surface area contributed by atoms with E-state index in [1.165, 1.54) is 0 Å². The molecular formula is C14H22N2O3. The Kier molecular flexibility index (Phi) is 6.74. The maximum atomic E-state index is 11.5. The number of ether oxygens (including phenoxy) is 1. The van der Waals surface area contributed by atoms with Crippen molar-refractivity contribution in [1.29, 1.82) is 0 Å². The summed E-state index contributed by atoms with van der Waals surface area (Å²) in [5.41, 5.74) is 6.28. The molecule has 0 bridgehead atoms. The van der Waals surface area contributed by atoms with Gasteiger partial charge in [-0.25, -0.2) is 0 Å². The zero-order chi connectivity index (χ0) is 14.1. The first-order valence-corrected chi connectivity index (χ1v) is 6.55. The van der Waals surface area contributed by atoms with E-state index < -0.39 is 0 Å². The van der Waals surface area contributed by atoms with Crippen LogP contribution in [0.1, 0.15) is 26.2 Å². The second-order valence-corrected chi connectivity index (χ2v) is 4.34. The van der Waals surface area contributed by atoms with E-state index in [1.54, 1.807) is 12.1 Å². The topological polar surface area (TPSA) is 84.6 Å². The number of hydrogen-bond acceptors (Lipinski definition) is 4. The molecule has 106 valence electrons. The number of amides is 1. The number of carbonyl (C=O) groups excluding carboxylic acids is 1. The van der Waals surface area contributed by atoms with Gasteiger partial charge in [-0.15, -0.1) is 0 Å². The van der Waals surface area contributed by atoms with Gasteiger partial charge in [0.1, 0.15) is 5.75 Å². The average molecular weight is 266 g/mol. The minimum absolute atomic E-state index is 0.0854. The fraction of sp³-hybridized carbons (Fsp3) is 0.500. The summed E-state index contributed by atoms with van der Waals surface area (Å²) in [6.07, 6.45) is 1.21. The van der Waals surface area contributed by atoms with Crippen LogP contribution in [0.2, 0.25) is 0 Å². The molecule has 19 heavy (non-hydrogen) atoms. The van der Waals surface area contributed by atoms with Crippen LogP contribution in [0.3, 0.4) is 0 Å². The Morgan fingerprint density at radius 3 is 2.89 bits per heavy atom. The van der Waals surface area contributed by atoms with Gasteiger partial charge in [-0.1, -0.05) is 19.1 Å². The number of anilines is 1. The number of rotatable bonds is 8. The second kappa shape index (κ2) is 8.37. The van der Waals surface area contributed by atoms with Crippen molar-refractivity contribution in [2.75, 3.05) is 18.9 Å². The molecule has 0 saturated heterocycles. The summed E-state index contributed by atoms with van der Waals surface area (Å²) in [6, 6.07) is 7.18. The van der Waals surface area contributed by atoms with Gasteiger partial charge in [0.2, 0.25) is 5.91 Å². The number of nitrogens with two attached hydrogens (primary N) is 1. The van der Waals surface area contributed by atoms with Crippen LogP contribution in [0, 0.1) is 0 Å². The molecular weight excluding hydrogens is 244 g/mol. The number of nitrogens with one attached hydrogen (secondary N) is 1. The molecule has 0 saturated carbocycles. The van der Waals surface area contributed by atoms with E-state index >= 15 is 0 Å². The molecule has 1 unspecified atom stereocenters. The predicted molar refractivity (Wildman–Crippen MR) is 74.9 cm³/mol. The quantitative estimate of drug-likeness (QED) is 0.619. The van der Waals surface area contributed by atoms with Crippen molar-refractivity contribution in [2.45, 2.75) is 32.3 Å². The number of hydrogen-bond donors (Lipinski definition) is 3. The van der Waals surface area contributed by atoms with Crippen molar-refractivity contribution in [1.82, 2.24) is 5.32 Å². The minimum atomic E-state index is -0.347. The first-order chi connectivity index (χ1) is 9.13. The summed E-state index contributed by atoms with van der Waals surface area (Å²) in [5, 5.41) is 12.1. The van der Waals surface area contributed by atoms with E-state index in [9.17, 15) is 9.90 Å². The molecule has 1 atom stereocenters. The number of carbonyl (C=O) groups is 1. The van der Waals surface area contributed by atoms with Crippen LogP contribution in [0.25, 0.3) is 0 Å². The lowest BCUT2D eigenvalue weighted by Crippen LogP contribution is -2.28. The zero-order valence-electron chi connectivity index (χ0n) is 11.3. The van der Waals surface area contributed by atoms with Crippen LogP contribution in [-0.2, 0) is 4.79 Å². The van der Waals surface area contributed by atoms with Crippen molar-refractivity contribution in [3.63, 3.8) is 0 Å². The lowest BCUT2D eigenvalue weighted by molar-refractivity contribution is -0.121. The van der Waals surface area contributed by atoms with E-state index in [4.69, 9.17) is 10.5 Å². The fourth-order valence-electron chi connectivity index (χ4n) is 1.54. The highest BCUT2D eigenvalue weighted by Crippen LogP contribution is 2.19. The van der Waals surface area contributed by atoms with Crippen LogP contribution in [0.4, 0.5) is 5.69 Å². The Bertz CT molecular complexity index is 396. The number of para-hydroxylation sites is 2. The highest BCUT2D eigenvalue weighted by molar-refractivity contribution is 5.75. The summed E-state index contributed by atoms with van der Waals surface area (Å²) in [5.74, 6) is 0.509. The molecule has 4 N–H and O–H groups in total. The molecule has 0 aliphatic heterocycles. The van der Waals surface area contributed by atoms with Crippen molar-refractivity contribution in [3.8, 4) is 5.75 Å². The highest BCUT2D eigenvalue weighted by atomic mass is 16.5. The maximum Gasteiger partial charge on any atom is 0.223 e. The van der Waals surface area contributed by atoms with E-state index in [2.05, 4.69) is 5.32 Å². The molecule has 1 aromatic rings. The summed E-state index contributed by atoms with van der Waals surface area (Å²) >= 11 is 0. The molecule has 0 fully saturated rings. The Balaban J connectivity index is 2.15. The Hall–Kier alpha value is -1.75. The SMILES string of the molecule is CCC(O)CCNC(=O)CCOc1ccccc1N. The van der Waals surface area contributed by atoms with Crippen molar-refractivity contribution < 1.29 is 14.6 Å². The normalized spacial score (nSPS) is 11.9. The van der Waals surface area contributed by atoms with E-state index in [-0.39, 0.29) is 25.0 Å². The van der Waals surface area contributed by atoms with Crippen molar-refractivity contribution in [3.05, 3.63) is 24.3 Å². The van der Waals surface area contributed by atoms with Crippen LogP contribution in [-0.4, -0.2) is 30.3 Å². The van der Waals surface area contributed by atoms with Gasteiger partial charge in [0, 0.05) is 6.54 Å². The molecule has 0 aromatic heterocycles. The third kappa shape index (κ3) is 6.10. The van der Waals surface area contributed by atoms with Gasteiger partial charge in [-0.3, -0.25) is 4.79 Å². The third-order valence-corrected chi connectivity index (χ3v) is 2.78. The summed E-state index contributed by atoms with van der Waals surface area (Å²) < 4.78 is 5.42. The van der Waals surface area contributed by atoms with Gasteiger partial charge in [0.05, 0.1) is 24.8 Å². The molecule has 0 aliphatic carbocycles. The number of aliphatic hydroxyl groups is 1. The summed E-state index contributed by atoms with van der Waals surface area (Å²) in [6.45, 7) is 2.68. The number of benzene rings is 1. The fourth-order valence-corrected chi connectivity index (χ4v) is 1.54. The Morgan fingerprint density at radius 1 is 1.47 bits per heavy atom. The zero-order valence-corrected chi connectivity index (χ0v) is 11.3. The average Bonchev–Trinajstić information content (AvgIpc) is 2.40. The lowest BCUT2D eigenvalue weighted by atomic mass is 10.2. The van der Waals surface area contributed by atoms with Crippen molar-refractivity contribution >= 4 is 11.6 Å². The molecule has 0 spiro atoms. The van der Waals surface area contributed by atoms with Crippen LogP contribution in [0.5, 0.6) is 5.75 Å². The van der Waals surface area contributed by atoms with Crippen LogP contribution >= 0.6 is 0 Å². The Morgan fingerprint density at radius 2 is 2.21 bits per heavy atom. The Labute approximate surface area is 113 Å². The van der Waals surface area contributed by atoms with E-state index in [1.807, 2.05) is 19.1 Å². The molecule has 0 heterocycles. The van der Waals surface area contributed by atoms with Crippen LogP contribution in [0.15, 0.2) is 24.3 Å². The maximum absolute atomic E-state index is 11.5. The first-order valence-electron chi connectivity index (χ1n) is 6.55. The minimum Gasteiger partial charge on any atom is -0.491 e. The van der Waals surface area contributed by atoms with Crippen LogP contribution < -0.4 is 15.8 Å². The van der Waals surface area contributed by atoms with E-state index in [0.29, 0.717) is 30.8 Å². The predicted octanol–water partition coefficient (Wildman–Crippen LogP) is 1.31. The molecule has 0 aliphatic rings. The molecule has 0 radical (unpaired) electrons. The highest BCUT2D eigenvalue weighted by Gasteiger charge is 2.05. The lowest BCUT2D eigenvalue weighted by Gasteiger charge is -2.10. The molecule has 5 heteroatoms. The van der Waals surface area contributed by atoms with Gasteiger partial charge in [-0.2, -0.15) is 0 Å². The molecule has 1 rings (SSSR count). The summed E-state index contributed by atoms with van der Waals surface area (Å²) in [7, 11) is 0.